The molecule has 1 heterocycles. The van der Waals surface area contributed by atoms with Gasteiger partial charge in [0.1, 0.15) is 5.82 Å². The van der Waals surface area contributed by atoms with Gasteiger partial charge >= 0.3 is 0 Å². The van der Waals surface area contributed by atoms with E-state index in [1.54, 1.807) is 12.1 Å². The zero-order chi connectivity index (χ0) is 28.9. The molecule has 1 aliphatic rings. The van der Waals surface area contributed by atoms with E-state index in [1.165, 1.54) is 5.56 Å². The van der Waals surface area contributed by atoms with Gasteiger partial charge in [0.05, 0.1) is 10.4 Å². The molecule has 1 aromatic heterocycles. The van der Waals surface area contributed by atoms with Gasteiger partial charge in [-0.3, -0.25) is 0 Å². The lowest BCUT2D eigenvalue weighted by molar-refractivity contribution is 0.284. The Morgan fingerprint density at radius 1 is 0.762 bits per heavy atom. The van der Waals surface area contributed by atoms with E-state index in [4.69, 9.17) is 9.97 Å². The van der Waals surface area contributed by atoms with Gasteiger partial charge in [0.2, 0.25) is 16.0 Å². The number of anilines is 3. The average Bonchev–Trinajstić information content (AvgIpc) is 3.03. The molecule has 1 fully saturated rings. The van der Waals surface area contributed by atoms with Crippen LogP contribution in [0.3, 0.4) is 0 Å². The number of hydrogen-bond acceptors (Lipinski definition) is 6. The Bertz CT molecular complexity index is 1780. The average molecular weight is 580 g/mol. The molecule has 5 aromatic rings. The molecule has 4 aromatic carbocycles. The minimum absolute atomic E-state index is 0.321. The lowest BCUT2D eigenvalue weighted by atomic mass is 9.82. The largest absolute Gasteiger partial charge is 0.354 e. The highest BCUT2D eigenvalue weighted by Gasteiger charge is 2.24. The molecule has 1 aliphatic carbocycles. The molecule has 0 bridgehead atoms. The number of nitrogens with one attached hydrogen (secondary N) is 3. The van der Waals surface area contributed by atoms with Crippen LogP contribution < -0.4 is 15.4 Å². The number of aryl methyl sites for hydroxylation is 1. The van der Waals surface area contributed by atoms with Crippen molar-refractivity contribution in [3.05, 3.63) is 96.6 Å². The molecule has 216 valence electrons. The lowest BCUT2D eigenvalue weighted by Gasteiger charge is -2.28. The SMILES string of the molecule is CCc1ccc(Nc2nc(NCC3CCC(CNS(=O)(=O)c4ccc5ccccc5c4)CC3)nc3ccccc23)cc1. The van der Waals surface area contributed by atoms with Crippen LogP contribution in [-0.2, 0) is 16.4 Å². The predicted molar refractivity (Wildman–Crippen MR) is 172 cm³/mol. The summed E-state index contributed by atoms with van der Waals surface area (Å²) < 4.78 is 28.8. The number of para-hydroxylation sites is 1. The molecule has 0 atom stereocenters. The molecule has 6 rings (SSSR count). The van der Waals surface area contributed by atoms with Crippen molar-refractivity contribution < 1.29 is 8.42 Å². The number of benzene rings is 4. The zero-order valence-corrected chi connectivity index (χ0v) is 24.7. The van der Waals surface area contributed by atoms with Crippen LogP contribution in [0.4, 0.5) is 17.5 Å². The van der Waals surface area contributed by atoms with Gasteiger partial charge in [0, 0.05) is 24.2 Å². The normalized spacial score (nSPS) is 17.4. The molecule has 0 unspecified atom stereocenters. The van der Waals surface area contributed by atoms with E-state index in [9.17, 15) is 8.42 Å². The van der Waals surface area contributed by atoms with E-state index in [2.05, 4.69) is 46.5 Å². The second-order valence-electron chi connectivity index (χ2n) is 11.2. The van der Waals surface area contributed by atoms with Crippen LogP contribution in [-0.4, -0.2) is 31.5 Å². The van der Waals surface area contributed by atoms with Gasteiger partial charge in [-0.15, -0.1) is 0 Å². The van der Waals surface area contributed by atoms with E-state index < -0.39 is 10.0 Å². The van der Waals surface area contributed by atoms with Gasteiger partial charge in [-0.1, -0.05) is 61.5 Å². The zero-order valence-electron chi connectivity index (χ0n) is 23.9. The Balaban J connectivity index is 1.03. The fourth-order valence-electron chi connectivity index (χ4n) is 5.73. The van der Waals surface area contributed by atoms with Gasteiger partial charge < -0.3 is 10.6 Å². The number of fused-ring (bicyclic) bond motifs is 2. The summed E-state index contributed by atoms with van der Waals surface area (Å²) in [4.78, 5) is 9.92. The summed E-state index contributed by atoms with van der Waals surface area (Å²) in [5.41, 5.74) is 3.19. The van der Waals surface area contributed by atoms with E-state index in [0.717, 1.165) is 71.8 Å². The van der Waals surface area contributed by atoms with Crippen molar-refractivity contribution in [1.29, 1.82) is 0 Å². The van der Waals surface area contributed by atoms with Crippen molar-refractivity contribution >= 4 is 49.2 Å². The molecule has 8 heteroatoms. The first-order chi connectivity index (χ1) is 20.5. The van der Waals surface area contributed by atoms with Crippen molar-refractivity contribution in [2.75, 3.05) is 23.7 Å². The first kappa shape index (κ1) is 28.1. The molecule has 3 N–H and O–H groups in total. The van der Waals surface area contributed by atoms with Crippen LogP contribution >= 0.6 is 0 Å². The molecule has 42 heavy (non-hydrogen) atoms. The summed E-state index contributed by atoms with van der Waals surface area (Å²) in [5.74, 6) is 2.23. The summed E-state index contributed by atoms with van der Waals surface area (Å²) >= 11 is 0. The lowest BCUT2D eigenvalue weighted by Crippen LogP contribution is -2.32. The second-order valence-corrected chi connectivity index (χ2v) is 13.0. The monoisotopic (exact) mass is 579 g/mol. The van der Waals surface area contributed by atoms with Gasteiger partial charge in [-0.25, -0.2) is 18.1 Å². The van der Waals surface area contributed by atoms with E-state index >= 15 is 0 Å². The predicted octanol–water partition coefficient (Wildman–Crippen LogP) is 7.29. The third-order valence-electron chi connectivity index (χ3n) is 8.34. The Morgan fingerprint density at radius 2 is 1.45 bits per heavy atom. The minimum atomic E-state index is -3.54. The van der Waals surface area contributed by atoms with Crippen LogP contribution in [0.5, 0.6) is 0 Å². The fraction of sp³-hybridized carbons (Fsp3) is 0.294. The number of sulfonamides is 1. The van der Waals surface area contributed by atoms with Crippen molar-refractivity contribution in [2.45, 2.75) is 43.9 Å². The highest BCUT2D eigenvalue weighted by molar-refractivity contribution is 7.89. The molecule has 0 aliphatic heterocycles. The summed E-state index contributed by atoms with van der Waals surface area (Å²) in [7, 11) is -3.54. The first-order valence-corrected chi connectivity index (χ1v) is 16.3. The topological polar surface area (TPSA) is 96.0 Å². The van der Waals surface area contributed by atoms with Gasteiger partial charge in [-0.2, -0.15) is 4.98 Å². The summed E-state index contributed by atoms with van der Waals surface area (Å²) in [5, 5.41) is 9.91. The molecule has 0 saturated heterocycles. The molecule has 1 saturated carbocycles. The Morgan fingerprint density at radius 3 is 2.21 bits per heavy atom. The van der Waals surface area contributed by atoms with Crippen LogP contribution in [0, 0.1) is 11.8 Å². The fourth-order valence-corrected chi connectivity index (χ4v) is 6.88. The number of hydrogen-bond donors (Lipinski definition) is 3. The minimum Gasteiger partial charge on any atom is -0.354 e. The molecule has 0 amide bonds. The van der Waals surface area contributed by atoms with Crippen molar-refractivity contribution in [2.24, 2.45) is 11.8 Å². The van der Waals surface area contributed by atoms with E-state index in [1.807, 2.05) is 54.6 Å². The highest BCUT2D eigenvalue weighted by Crippen LogP contribution is 2.30. The highest BCUT2D eigenvalue weighted by atomic mass is 32.2. The van der Waals surface area contributed by atoms with E-state index in [0.29, 0.717) is 29.2 Å². The van der Waals surface area contributed by atoms with Crippen molar-refractivity contribution in [3.63, 3.8) is 0 Å². The standard InChI is InChI=1S/C34H37N5O2S/c1-2-24-15-18-29(19-16-24)37-33-31-9-5-6-10-32(31)38-34(39-33)35-22-25-11-13-26(14-12-25)23-36-42(40,41)30-20-17-27-7-3-4-8-28(27)21-30/h3-10,15-21,25-26,36H,2,11-14,22-23H2,1H3,(H2,35,37,38,39). The third-order valence-corrected chi connectivity index (χ3v) is 9.76. The number of aromatic nitrogens is 2. The van der Waals surface area contributed by atoms with Crippen LogP contribution in [0.1, 0.15) is 38.2 Å². The Labute approximate surface area is 247 Å². The maximum absolute atomic E-state index is 13.0. The summed E-state index contributed by atoms with van der Waals surface area (Å²) in [6, 6.07) is 29.6. The molecular formula is C34H37N5O2S. The maximum Gasteiger partial charge on any atom is 0.240 e. The van der Waals surface area contributed by atoms with Gasteiger partial charge in [0.15, 0.2) is 0 Å². The summed E-state index contributed by atoms with van der Waals surface area (Å²) in [6.07, 6.45) is 5.07. The van der Waals surface area contributed by atoms with Gasteiger partial charge in [-0.05, 0) is 96.7 Å². The van der Waals surface area contributed by atoms with Crippen LogP contribution in [0.15, 0.2) is 95.9 Å². The van der Waals surface area contributed by atoms with Crippen molar-refractivity contribution in [3.8, 4) is 0 Å². The first-order valence-electron chi connectivity index (χ1n) is 14.8. The second kappa shape index (κ2) is 12.5. The molecule has 0 spiro atoms. The van der Waals surface area contributed by atoms with Crippen LogP contribution in [0.2, 0.25) is 0 Å². The van der Waals surface area contributed by atoms with Crippen molar-refractivity contribution in [1.82, 2.24) is 14.7 Å². The number of nitrogens with zero attached hydrogens (tertiary/aromatic N) is 2. The molecule has 0 radical (unpaired) electrons. The quantitative estimate of drug-likeness (QED) is 0.161. The Hall–Kier alpha value is -4.01. The number of rotatable bonds is 10. The smallest absolute Gasteiger partial charge is 0.240 e. The molecule has 7 nitrogen and oxygen atoms in total. The maximum atomic E-state index is 13.0. The van der Waals surface area contributed by atoms with E-state index in [-0.39, 0.29) is 0 Å². The molecular weight excluding hydrogens is 542 g/mol. The summed E-state index contributed by atoms with van der Waals surface area (Å²) in [6.45, 7) is 3.41. The van der Waals surface area contributed by atoms with Gasteiger partial charge in [0.25, 0.3) is 0 Å². The van der Waals surface area contributed by atoms with Crippen LogP contribution in [0.25, 0.3) is 21.7 Å². The Kier molecular flexibility index (Phi) is 8.35. The third kappa shape index (κ3) is 6.55.